The number of nitrogens with one attached hydrogen (secondary N) is 1. The molecule has 1 N–H and O–H groups in total. The van der Waals surface area contributed by atoms with Gasteiger partial charge in [0.15, 0.2) is 0 Å². The number of thioether (sulfide) groups is 1. The molecule has 0 saturated heterocycles. The van der Waals surface area contributed by atoms with Gasteiger partial charge in [0.05, 0.1) is 5.75 Å². The van der Waals surface area contributed by atoms with Crippen LogP contribution < -0.4 is 5.32 Å². The first kappa shape index (κ1) is 12.6. The van der Waals surface area contributed by atoms with E-state index in [9.17, 15) is 4.79 Å². The summed E-state index contributed by atoms with van der Waals surface area (Å²) in [4.78, 5) is 11.4. The highest BCUT2D eigenvalue weighted by atomic mass is 79.9. The molecule has 0 unspecified atom stereocenters. The second-order valence-electron chi connectivity index (χ2n) is 3.01. The molecule has 0 aliphatic carbocycles. The first-order valence-corrected chi connectivity index (χ1v) is 7.09. The number of anilines is 1. The van der Waals surface area contributed by atoms with Crippen LogP contribution in [0.3, 0.4) is 0 Å². The molecule has 0 saturated carbocycles. The van der Waals surface area contributed by atoms with Crippen molar-refractivity contribution in [2.24, 2.45) is 0 Å². The van der Waals surface area contributed by atoms with Crippen molar-refractivity contribution in [3.63, 3.8) is 0 Å². The monoisotopic (exact) mass is 287 g/mol. The van der Waals surface area contributed by atoms with E-state index in [4.69, 9.17) is 0 Å². The molecule has 0 heterocycles. The van der Waals surface area contributed by atoms with Crippen LogP contribution in [-0.4, -0.2) is 22.7 Å². The number of benzene rings is 1. The van der Waals surface area contributed by atoms with Crippen LogP contribution in [0.4, 0.5) is 5.69 Å². The summed E-state index contributed by atoms with van der Waals surface area (Å²) in [5, 5.41) is 3.85. The van der Waals surface area contributed by atoms with Crippen molar-refractivity contribution < 1.29 is 4.79 Å². The normalized spacial score (nSPS) is 9.93. The van der Waals surface area contributed by atoms with Crippen LogP contribution >= 0.6 is 27.7 Å². The van der Waals surface area contributed by atoms with Gasteiger partial charge in [-0.15, -0.1) is 0 Å². The van der Waals surface area contributed by atoms with E-state index in [-0.39, 0.29) is 5.91 Å². The highest BCUT2D eigenvalue weighted by Gasteiger charge is 2.01. The fourth-order valence-electron chi connectivity index (χ4n) is 1.04. The Hall–Kier alpha value is -0.480. The smallest absolute Gasteiger partial charge is 0.234 e. The molecule has 1 aromatic carbocycles. The topological polar surface area (TPSA) is 29.1 Å². The lowest BCUT2D eigenvalue weighted by atomic mass is 10.3. The summed E-state index contributed by atoms with van der Waals surface area (Å²) in [7, 11) is 0. The van der Waals surface area contributed by atoms with Gasteiger partial charge in [-0.05, 0) is 24.3 Å². The van der Waals surface area contributed by atoms with E-state index in [1.54, 1.807) is 11.8 Å². The third-order valence-corrected chi connectivity index (χ3v) is 3.32. The van der Waals surface area contributed by atoms with Crippen molar-refractivity contribution in [1.82, 2.24) is 0 Å². The van der Waals surface area contributed by atoms with E-state index in [1.165, 1.54) is 0 Å². The van der Waals surface area contributed by atoms with E-state index in [1.807, 2.05) is 30.3 Å². The van der Waals surface area contributed by atoms with Gasteiger partial charge in [0.1, 0.15) is 0 Å². The maximum Gasteiger partial charge on any atom is 0.234 e. The maximum absolute atomic E-state index is 11.4. The van der Waals surface area contributed by atoms with Crippen LogP contribution in [0.25, 0.3) is 0 Å². The minimum absolute atomic E-state index is 0.0702. The summed E-state index contributed by atoms with van der Waals surface area (Å²) in [5.41, 5.74) is 0.864. The fraction of sp³-hybridized carbons (Fsp3) is 0.364. The molecular formula is C11H14BrNOS. The van der Waals surface area contributed by atoms with Crippen molar-refractivity contribution in [3.05, 3.63) is 30.3 Å². The van der Waals surface area contributed by atoms with Gasteiger partial charge in [-0.3, -0.25) is 4.79 Å². The van der Waals surface area contributed by atoms with Gasteiger partial charge in [0.2, 0.25) is 5.91 Å². The molecule has 0 atom stereocenters. The molecule has 4 heteroatoms. The number of hydrogen-bond donors (Lipinski definition) is 1. The minimum atomic E-state index is 0.0702. The predicted octanol–water partition coefficient (Wildman–Crippen LogP) is 3.14. The first-order valence-electron chi connectivity index (χ1n) is 4.81. The average molecular weight is 288 g/mol. The van der Waals surface area contributed by atoms with E-state index < -0.39 is 0 Å². The van der Waals surface area contributed by atoms with E-state index >= 15 is 0 Å². The Morgan fingerprint density at radius 3 is 2.73 bits per heavy atom. The standard InChI is InChI=1S/C11H14BrNOS/c12-7-4-8-15-9-11(14)13-10-5-2-1-3-6-10/h1-3,5-6H,4,7-9H2,(H,13,14). The number of carbonyl (C=O) groups excluding carboxylic acids is 1. The van der Waals surface area contributed by atoms with E-state index in [2.05, 4.69) is 21.2 Å². The number of carbonyl (C=O) groups is 1. The van der Waals surface area contributed by atoms with Gasteiger partial charge < -0.3 is 5.32 Å². The number of amides is 1. The van der Waals surface area contributed by atoms with Crippen molar-refractivity contribution in [1.29, 1.82) is 0 Å². The lowest BCUT2D eigenvalue weighted by Crippen LogP contribution is -2.14. The second kappa shape index (κ2) is 7.77. The molecule has 0 aliphatic rings. The van der Waals surface area contributed by atoms with Crippen molar-refractivity contribution in [2.45, 2.75) is 6.42 Å². The largest absolute Gasteiger partial charge is 0.325 e. The predicted molar refractivity (Wildman–Crippen MR) is 70.8 cm³/mol. The van der Waals surface area contributed by atoms with Crippen molar-refractivity contribution in [3.8, 4) is 0 Å². The summed E-state index contributed by atoms with van der Waals surface area (Å²) >= 11 is 5.02. The summed E-state index contributed by atoms with van der Waals surface area (Å²) in [6.45, 7) is 0. The Kier molecular flexibility index (Phi) is 6.52. The molecule has 15 heavy (non-hydrogen) atoms. The van der Waals surface area contributed by atoms with Gasteiger partial charge in [-0.1, -0.05) is 34.1 Å². The second-order valence-corrected chi connectivity index (χ2v) is 4.91. The summed E-state index contributed by atoms with van der Waals surface area (Å²) in [6.07, 6.45) is 1.10. The van der Waals surface area contributed by atoms with Crippen LogP contribution in [0, 0.1) is 0 Å². The van der Waals surface area contributed by atoms with Crippen LogP contribution in [0.5, 0.6) is 0 Å². The molecule has 1 amide bonds. The fourth-order valence-corrected chi connectivity index (χ4v) is 2.44. The van der Waals surface area contributed by atoms with Crippen molar-refractivity contribution in [2.75, 3.05) is 22.2 Å². The molecule has 0 bridgehead atoms. The van der Waals surface area contributed by atoms with E-state index in [0.717, 1.165) is 23.2 Å². The molecule has 82 valence electrons. The number of para-hydroxylation sites is 1. The Bertz CT molecular complexity index is 292. The average Bonchev–Trinajstić information content (AvgIpc) is 2.26. The third kappa shape index (κ3) is 5.85. The molecule has 2 nitrogen and oxygen atoms in total. The molecule has 0 aliphatic heterocycles. The van der Waals surface area contributed by atoms with Crippen molar-refractivity contribution >= 4 is 39.3 Å². The molecule has 0 radical (unpaired) electrons. The first-order chi connectivity index (χ1) is 7.33. The third-order valence-electron chi connectivity index (χ3n) is 1.71. The van der Waals surface area contributed by atoms with Crippen LogP contribution in [0.1, 0.15) is 6.42 Å². The summed E-state index contributed by atoms with van der Waals surface area (Å²) in [5.74, 6) is 1.62. The van der Waals surface area contributed by atoms with Gasteiger partial charge in [-0.2, -0.15) is 11.8 Å². The Morgan fingerprint density at radius 1 is 1.33 bits per heavy atom. The van der Waals surface area contributed by atoms with Gasteiger partial charge in [0, 0.05) is 11.0 Å². The van der Waals surface area contributed by atoms with Gasteiger partial charge >= 0.3 is 0 Å². The number of alkyl halides is 1. The maximum atomic E-state index is 11.4. The van der Waals surface area contributed by atoms with Gasteiger partial charge in [0.25, 0.3) is 0 Å². The summed E-state index contributed by atoms with van der Waals surface area (Å²) in [6, 6.07) is 9.53. The molecule has 0 spiro atoms. The van der Waals surface area contributed by atoms with Gasteiger partial charge in [-0.25, -0.2) is 0 Å². The Labute approximate surface area is 103 Å². The van der Waals surface area contributed by atoms with Crippen LogP contribution in [0.15, 0.2) is 30.3 Å². The number of halogens is 1. The molecular weight excluding hydrogens is 274 g/mol. The highest BCUT2D eigenvalue weighted by molar-refractivity contribution is 9.09. The zero-order valence-electron chi connectivity index (χ0n) is 8.41. The number of hydrogen-bond acceptors (Lipinski definition) is 2. The zero-order valence-corrected chi connectivity index (χ0v) is 10.8. The Morgan fingerprint density at radius 2 is 2.07 bits per heavy atom. The lowest BCUT2D eigenvalue weighted by Gasteiger charge is -2.04. The zero-order chi connectivity index (χ0) is 10.9. The Balaban J connectivity index is 2.19. The highest BCUT2D eigenvalue weighted by Crippen LogP contribution is 2.08. The van der Waals surface area contributed by atoms with Crippen LogP contribution in [0.2, 0.25) is 0 Å². The van der Waals surface area contributed by atoms with Crippen LogP contribution in [-0.2, 0) is 4.79 Å². The molecule has 0 aromatic heterocycles. The van der Waals surface area contributed by atoms with E-state index in [0.29, 0.717) is 5.75 Å². The quantitative estimate of drug-likeness (QED) is 0.643. The molecule has 0 fully saturated rings. The molecule has 1 aromatic rings. The summed E-state index contributed by atoms with van der Waals surface area (Å²) < 4.78 is 0. The SMILES string of the molecule is O=C(CSCCCBr)Nc1ccccc1. The lowest BCUT2D eigenvalue weighted by molar-refractivity contribution is -0.113. The number of rotatable bonds is 6. The minimum Gasteiger partial charge on any atom is -0.325 e. The molecule has 1 rings (SSSR count).